The van der Waals surface area contributed by atoms with Crippen LogP contribution in [0.1, 0.15) is 49.0 Å². The summed E-state index contributed by atoms with van der Waals surface area (Å²) in [6, 6.07) is 7.68. The summed E-state index contributed by atoms with van der Waals surface area (Å²) < 4.78 is 28.2. The minimum Gasteiger partial charge on any atom is -0.508 e. The summed E-state index contributed by atoms with van der Waals surface area (Å²) in [6.07, 6.45) is 8.56. The number of rotatable bonds is 4. The van der Waals surface area contributed by atoms with Crippen molar-refractivity contribution in [1.29, 1.82) is 0 Å². The molecular formula is C24H22F2N2O2. The van der Waals surface area contributed by atoms with E-state index in [1.54, 1.807) is 17.0 Å². The number of H-pyrrole nitrogens is 1. The number of hydrogen-bond donors (Lipinski definition) is 2. The second kappa shape index (κ2) is 7.83. The predicted molar refractivity (Wildman–Crippen MR) is 111 cm³/mol. The SMILES string of the molecule is C#CC(=O)N1[C@@H](CCCC)Cc2c([nH]c3c(F)cc(O)cc23)[C@@H]1c1ccc(F)cc1. The monoisotopic (exact) mass is 408 g/mol. The first-order chi connectivity index (χ1) is 14.4. The average Bonchev–Trinajstić information content (AvgIpc) is 3.10. The highest BCUT2D eigenvalue weighted by Crippen LogP contribution is 2.43. The van der Waals surface area contributed by atoms with Crippen molar-refractivity contribution < 1.29 is 18.7 Å². The number of unbranched alkanes of at least 4 members (excludes halogenated alkanes) is 1. The molecular weight excluding hydrogens is 386 g/mol. The standard InChI is InChI=1S/C24H22F2N2O2/c1-3-5-6-16-11-18-19-12-17(29)13-20(26)22(19)27-23(18)24(28(16)21(30)4-2)14-7-9-15(25)10-8-14/h2,7-10,12-13,16,24,27,29H,3,5-6,11H2,1H3/t16-,24-/m0/s1. The third kappa shape index (κ3) is 3.30. The van der Waals surface area contributed by atoms with Crippen molar-refractivity contribution in [1.82, 2.24) is 9.88 Å². The fourth-order valence-electron chi connectivity index (χ4n) is 4.46. The van der Waals surface area contributed by atoms with Crippen molar-refractivity contribution in [3.63, 3.8) is 0 Å². The molecule has 30 heavy (non-hydrogen) atoms. The molecule has 0 aliphatic carbocycles. The minimum absolute atomic E-state index is 0.160. The van der Waals surface area contributed by atoms with E-state index in [9.17, 15) is 18.7 Å². The van der Waals surface area contributed by atoms with E-state index < -0.39 is 17.8 Å². The van der Waals surface area contributed by atoms with Gasteiger partial charge in [-0.3, -0.25) is 4.79 Å². The number of carbonyl (C=O) groups excluding carboxylic acids is 1. The van der Waals surface area contributed by atoms with Gasteiger partial charge in [0.05, 0.1) is 11.6 Å². The van der Waals surface area contributed by atoms with Gasteiger partial charge in [-0.25, -0.2) is 8.78 Å². The van der Waals surface area contributed by atoms with E-state index in [1.165, 1.54) is 18.2 Å². The van der Waals surface area contributed by atoms with Crippen LogP contribution >= 0.6 is 0 Å². The topological polar surface area (TPSA) is 56.3 Å². The van der Waals surface area contributed by atoms with Crippen molar-refractivity contribution in [3.05, 3.63) is 64.9 Å². The Morgan fingerprint density at radius 3 is 2.70 bits per heavy atom. The van der Waals surface area contributed by atoms with Gasteiger partial charge >= 0.3 is 0 Å². The average molecular weight is 408 g/mol. The van der Waals surface area contributed by atoms with Crippen LogP contribution in [0.25, 0.3) is 10.9 Å². The lowest BCUT2D eigenvalue weighted by atomic mass is 9.86. The Hall–Kier alpha value is -3.33. The van der Waals surface area contributed by atoms with Crippen LogP contribution in [0.2, 0.25) is 0 Å². The van der Waals surface area contributed by atoms with E-state index >= 15 is 0 Å². The van der Waals surface area contributed by atoms with Gasteiger partial charge in [0, 0.05) is 23.2 Å². The number of phenols is 1. The fourth-order valence-corrected chi connectivity index (χ4v) is 4.46. The van der Waals surface area contributed by atoms with Crippen LogP contribution in [0.3, 0.4) is 0 Å². The molecule has 2 aromatic carbocycles. The van der Waals surface area contributed by atoms with Crippen LogP contribution in [0.4, 0.5) is 8.78 Å². The van der Waals surface area contributed by atoms with Crippen LogP contribution < -0.4 is 0 Å². The second-order valence-electron chi connectivity index (χ2n) is 7.68. The smallest absolute Gasteiger partial charge is 0.299 e. The van der Waals surface area contributed by atoms with E-state index in [0.717, 1.165) is 30.9 Å². The van der Waals surface area contributed by atoms with Gasteiger partial charge in [0.2, 0.25) is 0 Å². The molecule has 2 heterocycles. The molecule has 4 nitrogen and oxygen atoms in total. The first-order valence-electron chi connectivity index (χ1n) is 10.0. The third-order valence-electron chi connectivity index (χ3n) is 5.80. The molecule has 0 saturated carbocycles. The van der Waals surface area contributed by atoms with Gasteiger partial charge in [0.25, 0.3) is 5.91 Å². The van der Waals surface area contributed by atoms with E-state index in [0.29, 0.717) is 23.1 Å². The number of aromatic amines is 1. The zero-order valence-corrected chi connectivity index (χ0v) is 16.6. The number of nitrogens with one attached hydrogen (secondary N) is 1. The van der Waals surface area contributed by atoms with Crippen LogP contribution in [-0.4, -0.2) is 26.9 Å². The molecule has 0 bridgehead atoms. The molecule has 0 saturated heterocycles. The molecule has 6 heteroatoms. The zero-order valence-electron chi connectivity index (χ0n) is 16.6. The van der Waals surface area contributed by atoms with Crippen LogP contribution in [0.15, 0.2) is 36.4 Å². The van der Waals surface area contributed by atoms with Crippen LogP contribution in [0, 0.1) is 24.0 Å². The molecule has 3 aromatic rings. The highest BCUT2D eigenvalue weighted by Gasteiger charge is 2.40. The number of benzene rings is 2. The maximum atomic E-state index is 14.6. The summed E-state index contributed by atoms with van der Waals surface area (Å²) in [6.45, 7) is 2.07. The summed E-state index contributed by atoms with van der Waals surface area (Å²) in [4.78, 5) is 17.6. The van der Waals surface area contributed by atoms with E-state index in [1.807, 2.05) is 0 Å². The Kier molecular flexibility index (Phi) is 5.21. The van der Waals surface area contributed by atoms with E-state index in [4.69, 9.17) is 6.42 Å². The third-order valence-corrected chi connectivity index (χ3v) is 5.80. The Bertz CT molecular complexity index is 1140. The number of carbonyl (C=O) groups is 1. The molecule has 4 rings (SSSR count). The zero-order chi connectivity index (χ0) is 21.4. The normalized spacial score (nSPS) is 18.3. The number of phenolic OH excluding ortho intramolecular Hbond substituents is 1. The Morgan fingerprint density at radius 1 is 1.30 bits per heavy atom. The van der Waals surface area contributed by atoms with Crippen molar-refractivity contribution in [2.75, 3.05) is 0 Å². The van der Waals surface area contributed by atoms with Crippen molar-refractivity contribution in [2.45, 2.75) is 44.7 Å². The lowest BCUT2D eigenvalue weighted by Crippen LogP contribution is -2.47. The maximum Gasteiger partial charge on any atom is 0.299 e. The van der Waals surface area contributed by atoms with Gasteiger partial charge in [-0.2, -0.15) is 0 Å². The molecule has 1 aliphatic rings. The summed E-state index contributed by atoms with van der Waals surface area (Å²) in [5, 5.41) is 10.5. The number of amides is 1. The predicted octanol–water partition coefficient (Wildman–Crippen LogP) is 4.82. The van der Waals surface area contributed by atoms with E-state index in [2.05, 4.69) is 17.8 Å². The number of fused-ring (bicyclic) bond motifs is 3. The van der Waals surface area contributed by atoms with Crippen molar-refractivity contribution in [2.24, 2.45) is 0 Å². The largest absolute Gasteiger partial charge is 0.508 e. The summed E-state index contributed by atoms with van der Waals surface area (Å²) in [5.74, 6) is 0.641. The van der Waals surface area contributed by atoms with Gasteiger partial charge in [-0.05, 0) is 48.1 Å². The van der Waals surface area contributed by atoms with Crippen LogP contribution in [-0.2, 0) is 11.2 Å². The number of hydrogen-bond acceptors (Lipinski definition) is 2. The Morgan fingerprint density at radius 2 is 2.03 bits per heavy atom. The number of nitrogens with zero attached hydrogens (tertiary/aromatic N) is 1. The molecule has 0 unspecified atom stereocenters. The first kappa shape index (κ1) is 20.0. The number of aromatic nitrogens is 1. The highest BCUT2D eigenvalue weighted by molar-refractivity contribution is 5.95. The molecule has 154 valence electrons. The molecule has 0 spiro atoms. The molecule has 1 aliphatic heterocycles. The van der Waals surface area contributed by atoms with Crippen LogP contribution in [0.5, 0.6) is 5.75 Å². The highest BCUT2D eigenvalue weighted by atomic mass is 19.1. The quantitative estimate of drug-likeness (QED) is 0.609. The Balaban J connectivity index is 1.97. The molecule has 2 atom stereocenters. The summed E-state index contributed by atoms with van der Waals surface area (Å²) >= 11 is 0. The molecule has 2 N–H and O–H groups in total. The maximum absolute atomic E-state index is 14.6. The number of halogens is 2. The van der Waals surface area contributed by atoms with Crippen molar-refractivity contribution >= 4 is 16.8 Å². The minimum atomic E-state index is -0.603. The molecule has 0 fully saturated rings. The molecule has 1 amide bonds. The first-order valence-corrected chi connectivity index (χ1v) is 10.0. The van der Waals surface area contributed by atoms with Gasteiger partial charge in [-0.1, -0.05) is 31.9 Å². The van der Waals surface area contributed by atoms with E-state index in [-0.39, 0.29) is 23.1 Å². The fraction of sp³-hybridized carbons (Fsp3) is 0.292. The lowest BCUT2D eigenvalue weighted by molar-refractivity contribution is -0.130. The van der Waals surface area contributed by atoms with Gasteiger partial charge < -0.3 is 15.0 Å². The van der Waals surface area contributed by atoms with Gasteiger partial charge in [-0.15, -0.1) is 6.42 Å². The number of aromatic hydroxyl groups is 1. The summed E-state index contributed by atoms with van der Waals surface area (Å²) in [5.41, 5.74) is 2.43. The Labute approximate surface area is 173 Å². The lowest BCUT2D eigenvalue weighted by Gasteiger charge is -2.41. The van der Waals surface area contributed by atoms with Gasteiger partial charge in [0.1, 0.15) is 11.6 Å². The number of terminal acetylenes is 1. The van der Waals surface area contributed by atoms with Gasteiger partial charge in [0.15, 0.2) is 5.82 Å². The van der Waals surface area contributed by atoms with Crippen molar-refractivity contribution in [3.8, 4) is 18.1 Å². The second-order valence-corrected chi connectivity index (χ2v) is 7.68. The summed E-state index contributed by atoms with van der Waals surface area (Å²) in [7, 11) is 0. The molecule has 1 aromatic heterocycles. The molecule has 0 radical (unpaired) electrons.